The molecule has 1 heterocycles. The smallest absolute Gasteiger partial charge is 0.334 e. The van der Waals surface area contributed by atoms with Gasteiger partial charge in [0.25, 0.3) is 0 Å². The second-order valence-corrected chi connectivity index (χ2v) is 10.3. The van der Waals surface area contributed by atoms with E-state index in [1.165, 1.54) is 0 Å². The van der Waals surface area contributed by atoms with E-state index in [-0.39, 0.29) is 17.9 Å². The fourth-order valence-corrected chi connectivity index (χ4v) is 7.44. The van der Waals surface area contributed by atoms with Crippen LogP contribution in [0.1, 0.15) is 32.8 Å². The van der Waals surface area contributed by atoms with E-state index in [1.54, 1.807) is 23.5 Å². The van der Waals surface area contributed by atoms with Crippen LogP contribution in [0.5, 0.6) is 0 Å². The average Bonchev–Trinajstić information content (AvgIpc) is 3.10. The molecule has 1 fully saturated rings. The van der Waals surface area contributed by atoms with Crippen LogP contribution >= 0.6 is 23.5 Å². The van der Waals surface area contributed by atoms with Crippen LogP contribution < -0.4 is 4.72 Å². The Balaban J connectivity index is 2.29. The van der Waals surface area contributed by atoms with E-state index in [4.69, 9.17) is 4.74 Å². The normalized spacial score (nSPS) is 20.0. The molecule has 1 N–H and O–H groups in total. The minimum Gasteiger partial charge on any atom is -0.464 e. The standard InChI is InChI=1S/C18H27NO3S3/c1-5-14(4)16(18(17(20)22-6-2)23-11-12-24-18)19-25(21)15-9-7-13(3)8-10-15/h7-10,14,16,19H,5-6,11-12H2,1-4H3/t14?,16-,25-/m0/s1. The summed E-state index contributed by atoms with van der Waals surface area (Å²) in [6.07, 6.45) is 0.894. The first-order valence-electron chi connectivity index (χ1n) is 8.64. The average molecular weight is 402 g/mol. The van der Waals surface area contributed by atoms with Crippen molar-refractivity contribution >= 4 is 40.5 Å². The number of benzene rings is 1. The highest BCUT2D eigenvalue weighted by molar-refractivity contribution is 8.22. The van der Waals surface area contributed by atoms with Crippen LogP contribution in [-0.4, -0.2) is 38.4 Å². The second-order valence-electron chi connectivity index (χ2n) is 6.15. The van der Waals surface area contributed by atoms with Gasteiger partial charge in [0.1, 0.15) is 11.0 Å². The Morgan fingerprint density at radius 1 is 1.28 bits per heavy atom. The van der Waals surface area contributed by atoms with Gasteiger partial charge >= 0.3 is 5.97 Å². The lowest BCUT2D eigenvalue weighted by molar-refractivity contribution is -0.144. The summed E-state index contributed by atoms with van der Waals surface area (Å²) in [7, 11) is -1.37. The zero-order valence-corrected chi connectivity index (χ0v) is 17.7. The largest absolute Gasteiger partial charge is 0.464 e. The van der Waals surface area contributed by atoms with Crippen molar-refractivity contribution < 1.29 is 13.7 Å². The Morgan fingerprint density at radius 2 is 1.88 bits per heavy atom. The SMILES string of the molecule is CCOC(=O)C1([C@@H](N[S@@](=O)c2ccc(C)cc2)C(C)CC)SCCS1. The predicted molar refractivity (Wildman–Crippen MR) is 108 cm³/mol. The van der Waals surface area contributed by atoms with Crippen molar-refractivity contribution in [3.8, 4) is 0 Å². The molecule has 1 aliphatic heterocycles. The number of ether oxygens (including phenoxy) is 1. The topological polar surface area (TPSA) is 55.4 Å². The number of hydrogen-bond acceptors (Lipinski definition) is 5. The number of carbonyl (C=O) groups is 1. The molecule has 1 saturated heterocycles. The van der Waals surface area contributed by atoms with Crippen LogP contribution in [-0.2, 0) is 20.5 Å². The molecule has 0 spiro atoms. The van der Waals surface area contributed by atoms with E-state index in [2.05, 4.69) is 18.6 Å². The molecule has 1 unspecified atom stereocenters. The van der Waals surface area contributed by atoms with E-state index in [0.717, 1.165) is 28.4 Å². The van der Waals surface area contributed by atoms with E-state index in [9.17, 15) is 9.00 Å². The molecule has 1 aromatic rings. The Kier molecular flexibility index (Phi) is 7.86. The van der Waals surface area contributed by atoms with Crippen molar-refractivity contribution in [2.24, 2.45) is 5.92 Å². The van der Waals surface area contributed by atoms with Crippen molar-refractivity contribution in [3.63, 3.8) is 0 Å². The molecule has 1 aromatic carbocycles. The van der Waals surface area contributed by atoms with Crippen LogP contribution in [0.3, 0.4) is 0 Å². The van der Waals surface area contributed by atoms with Crippen LogP contribution in [0, 0.1) is 12.8 Å². The molecule has 0 bridgehead atoms. The molecule has 4 nitrogen and oxygen atoms in total. The minimum atomic E-state index is -1.37. The number of rotatable bonds is 8. The Morgan fingerprint density at radius 3 is 2.40 bits per heavy atom. The first kappa shape index (κ1) is 20.8. The van der Waals surface area contributed by atoms with Crippen LogP contribution in [0.25, 0.3) is 0 Å². The number of hydrogen-bond donors (Lipinski definition) is 1. The van der Waals surface area contributed by atoms with Crippen LogP contribution in [0.2, 0.25) is 0 Å². The highest BCUT2D eigenvalue weighted by atomic mass is 32.2. The summed E-state index contributed by atoms with van der Waals surface area (Å²) in [6.45, 7) is 8.38. The van der Waals surface area contributed by atoms with E-state index in [0.29, 0.717) is 6.61 Å². The van der Waals surface area contributed by atoms with Gasteiger partial charge in [-0.3, -0.25) is 0 Å². The second kappa shape index (κ2) is 9.44. The maximum atomic E-state index is 12.9. The third-order valence-corrected chi connectivity index (χ3v) is 9.02. The minimum absolute atomic E-state index is 0.192. The van der Waals surface area contributed by atoms with Crippen molar-refractivity contribution in [2.75, 3.05) is 18.1 Å². The summed E-state index contributed by atoms with van der Waals surface area (Å²) in [6, 6.07) is 7.42. The maximum Gasteiger partial charge on any atom is 0.334 e. The van der Waals surface area contributed by atoms with Crippen LogP contribution in [0.4, 0.5) is 0 Å². The number of nitrogens with one attached hydrogen (secondary N) is 1. The summed E-state index contributed by atoms with van der Waals surface area (Å²) < 4.78 is 20.8. The molecule has 25 heavy (non-hydrogen) atoms. The summed E-state index contributed by atoms with van der Waals surface area (Å²) in [5.74, 6) is 1.78. The molecular weight excluding hydrogens is 374 g/mol. The molecule has 0 aliphatic carbocycles. The Labute approximate surface area is 161 Å². The third kappa shape index (κ3) is 4.81. The van der Waals surface area contributed by atoms with Crippen molar-refractivity contribution in [1.29, 1.82) is 0 Å². The van der Waals surface area contributed by atoms with E-state index in [1.807, 2.05) is 38.1 Å². The zero-order valence-electron chi connectivity index (χ0n) is 15.2. The van der Waals surface area contributed by atoms with Crippen molar-refractivity contribution in [1.82, 2.24) is 4.72 Å². The summed E-state index contributed by atoms with van der Waals surface area (Å²) in [5, 5.41) is 0. The van der Waals surface area contributed by atoms with Gasteiger partial charge in [-0.1, -0.05) is 38.0 Å². The fourth-order valence-electron chi connectivity index (χ4n) is 2.73. The van der Waals surface area contributed by atoms with Crippen molar-refractivity contribution in [3.05, 3.63) is 29.8 Å². The van der Waals surface area contributed by atoms with Gasteiger partial charge in [-0.05, 0) is 31.9 Å². The number of esters is 1. The molecular formula is C18H27NO3S3. The Hall–Kier alpha value is -0.500. The number of carbonyl (C=O) groups excluding carboxylic acids is 1. The fraction of sp³-hybridized carbons (Fsp3) is 0.611. The predicted octanol–water partition coefficient (Wildman–Crippen LogP) is 3.76. The van der Waals surface area contributed by atoms with Gasteiger partial charge in [0, 0.05) is 11.5 Å². The molecule has 3 atom stereocenters. The van der Waals surface area contributed by atoms with Gasteiger partial charge in [0.05, 0.1) is 17.5 Å². The van der Waals surface area contributed by atoms with E-state index < -0.39 is 15.1 Å². The monoisotopic (exact) mass is 401 g/mol. The molecule has 7 heteroatoms. The summed E-state index contributed by atoms with van der Waals surface area (Å²) in [4.78, 5) is 13.5. The highest BCUT2D eigenvalue weighted by Crippen LogP contribution is 2.49. The van der Waals surface area contributed by atoms with Gasteiger partial charge in [-0.2, -0.15) is 0 Å². The molecule has 140 valence electrons. The molecule has 0 aromatic heterocycles. The van der Waals surface area contributed by atoms with Gasteiger partial charge in [0.2, 0.25) is 0 Å². The highest BCUT2D eigenvalue weighted by Gasteiger charge is 2.53. The lowest BCUT2D eigenvalue weighted by Crippen LogP contribution is -2.54. The van der Waals surface area contributed by atoms with Gasteiger partial charge in [-0.15, -0.1) is 23.5 Å². The molecule has 1 aliphatic rings. The van der Waals surface area contributed by atoms with Crippen molar-refractivity contribution in [2.45, 2.75) is 49.1 Å². The lowest BCUT2D eigenvalue weighted by atomic mass is 9.96. The first-order valence-corrected chi connectivity index (χ1v) is 11.8. The number of aryl methyl sites for hydroxylation is 1. The van der Waals surface area contributed by atoms with Gasteiger partial charge in [0.15, 0.2) is 4.08 Å². The summed E-state index contributed by atoms with van der Waals surface area (Å²) in [5.41, 5.74) is 1.13. The molecule has 2 rings (SSSR count). The third-order valence-electron chi connectivity index (χ3n) is 4.37. The van der Waals surface area contributed by atoms with Crippen LogP contribution in [0.15, 0.2) is 29.2 Å². The molecule has 0 radical (unpaired) electrons. The first-order chi connectivity index (χ1) is 11.9. The van der Waals surface area contributed by atoms with Gasteiger partial charge < -0.3 is 4.74 Å². The zero-order chi connectivity index (χ0) is 18.4. The summed E-state index contributed by atoms with van der Waals surface area (Å²) >= 11 is 3.24. The molecule has 0 amide bonds. The maximum absolute atomic E-state index is 12.9. The van der Waals surface area contributed by atoms with E-state index >= 15 is 0 Å². The lowest BCUT2D eigenvalue weighted by Gasteiger charge is -2.37. The van der Waals surface area contributed by atoms with Gasteiger partial charge in [-0.25, -0.2) is 13.7 Å². The Bertz CT molecular complexity index is 600. The molecule has 0 saturated carbocycles. The number of thioether (sulfide) groups is 2. The quantitative estimate of drug-likeness (QED) is 0.672.